The summed E-state index contributed by atoms with van der Waals surface area (Å²) in [6.45, 7) is 2.82. The highest BCUT2D eigenvalue weighted by molar-refractivity contribution is 5.77. The van der Waals surface area contributed by atoms with Gasteiger partial charge in [0.05, 0.1) is 6.54 Å². The Morgan fingerprint density at radius 2 is 1.83 bits per heavy atom. The molecule has 36 heavy (non-hydrogen) atoms. The molecule has 4 rings (SSSR count). The van der Waals surface area contributed by atoms with Crippen molar-refractivity contribution in [2.75, 3.05) is 20.7 Å². The number of aryl methyl sites for hydroxylation is 1. The first-order chi connectivity index (χ1) is 17.1. The van der Waals surface area contributed by atoms with Crippen LogP contribution in [0.4, 0.5) is 8.78 Å². The third kappa shape index (κ3) is 6.20. The molecule has 0 N–H and O–H groups in total. The summed E-state index contributed by atoms with van der Waals surface area (Å²) in [5, 5.41) is 8.40. The average Bonchev–Trinajstić information content (AvgIpc) is 3.44. The second kappa shape index (κ2) is 10.1. The Bertz CT molecular complexity index is 1350. The van der Waals surface area contributed by atoms with Gasteiger partial charge in [-0.1, -0.05) is 17.3 Å². The molecule has 2 heterocycles. The molecule has 0 atom stereocenters. The predicted octanol–water partition coefficient (Wildman–Crippen LogP) is 3.81. The Balaban J connectivity index is 1.45. The number of hydrogen-bond donors (Lipinski definition) is 0. The summed E-state index contributed by atoms with van der Waals surface area (Å²) in [6.07, 6.45) is -3.28. The maximum absolute atomic E-state index is 13.0. The van der Waals surface area contributed by atoms with Gasteiger partial charge in [-0.2, -0.15) is 13.8 Å². The summed E-state index contributed by atoms with van der Waals surface area (Å²) in [7, 11) is 3.34. The van der Waals surface area contributed by atoms with Crippen LogP contribution >= 0.6 is 0 Å². The van der Waals surface area contributed by atoms with Crippen LogP contribution in [0.3, 0.4) is 0 Å². The minimum atomic E-state index is -3.28. The Labute approximate surface area is 205 Å². The van der Waals surface area contributed by atoms with E-state index in [1.54, 1.807) is 43.9 Å². The third-order valence-corrected chi connectivity index (χ3v) is 4.98. The van der Waals surface area contributed by atoms with Crippen LogP contribution in [0.5, 0.6) is 11.5 Å². The Morgan fingerprint density at radius 1 is 1.08 bits per heavy atom. The number of benzene rings is 2. The van der Waals surface area contributed by atoms with E-state index in [0.717, 1.165) is 5.56 Å². The lowest BCUT2D eigenvalue weighted by Crippen LogP contribution is -2.27. The van der Waals surface area contributed by atoms with E-state index in [2.05, 4.69) is 25.0 Å². The first-order valence-electron chi connectivity index (χ1n) is 10.9. The van der Waals surface area contributed by atoms with Crippen molar-refractivity contribution in [1.29, 1.82) is 0 Å². The van der Waals surface area contributed by atoms with E-state index in [9.17, 15) is 13.6 Å². The van der Waals surface area contributed by atoms with Gasteiger partial charge in [0.2, 0.25) is 11.6 Å². The molecule has 0 bridgehead atoms. The molecule has 2 aromatic heterocycles. The van der Waals surface area contributed by atoms with Crippen molar-refractivity contribution in [3.63, 3.8) is 0 Å². The standard InChI is InChI=1S/C24H24F2N6O4/c1-15-27-22(23-28-21(30-36-23)17-8-10-18(11-9-17)35-24(2,25)26)29-32(15)13-16-6-5-7-19(12-16)34-14-20(33)31(3)4/h5-12H,13-14H2,1-4H3. The second-order valence-electron chi connectivity index (χ2n) is 8.22. The highest BCUT2D eigenvalue weighted by Gasteiger charge is 2.23. The summed E-state index contributed by atoms with van der Waals surface area (Å²) < 4.78 is 43.1. The van der Waals surface area contributed by atoms with Crippen LogP contribution in [0, 0.1) is 6.92 Å². The lowest BCUT2D eigenvalue weighted by Gasteiger charge is -2.12. The van der Waals surface area contributed by atoms with Gasteiger partial charge in [0, 0.05) is 26.6 Å². The molecule has 1 amide bonds. The molecular weight excluding hydrogens is 474 g/mol. The van der Waals surface area contributed by atoms with E-state index in [1.807, 2.05) is 18.2 Å². The first kappa shape index (κ1) is 24.8. The van der Waals surface area contributed by atoms with Crippen molar-refractivity contribution in [1.82, 2.24) is 29.8 Å². The predicted molar refractivity (Wildman–Crippen MR) is 124 cm³/mol. The summed E-state index contributed by atoms with van der Waals surface area (Å²) in [5.41, 5.74) is 1.45. The average molecular weight is 498 g/mol. The zero-order valence-electron chi connectivity index (χ0n) is 20.1. The highest BCUT2D eigenvalue weighted by Crippen LogP contribution is 2.26. The number of alkyl halides is 2. The van der Waals surface area contributed by atoms with Gasteiger partial charge in [-0.3, -0.25) is 4.79 Å². The largest absolute Gasteiger partial charge is 0.484 e. The third-order valence-electron chi connectivity index (χ3n) is 4.98. The molecule has 0 fully saturated rings. The van der Waals surface area contributed by atoms with E-state index < -0.39 is 6.11 Å². The van der Waals surface area contributed by atoms with Crippen LogP contribution in [-0.2, 0) is 11.3 Å². The molecule has 188 valence electrons. The van der Waals surface area contributed by atoms with Crippen molar-refractivity contribution in [3.05, 3.63) is 59.9 Å². The minimum absolute atomic E-state index is 0.0183. The van der Waals surface area contributed by atoms with Crippen LogP contribution in [0.15, 0.2) is 53.1 Å². The molecule has 0 unspecified atom stereocenters. The number of carbonyl (C=O) groups is 1. The van der Waals surface area contributed by atoms with Crippen LogP contribution in [-0.4, -0.2) is 62.5 Å². The maximum atomic E-state index is 13.0. The fourth-order valence-electron chi connectivity index (χ4n) is 3.15. The van der Waals surface area contributed by atoms with Gasteiger partial charge in [0.15, 0.2) is 6.61 Å². The topological polar surface area (TPSA) is 108 Å². The quantitative estimate of drug-likeness (QED) is 0.343. The van der Waals surface area contributed by atoms with Gasteiger partial charge in [-0.05, 0) is 48.9 Å². The van der Waals surface area contributed by atoms with Crippen molar-refractivity contribution in [2.45, 2.75) is 26.5 Å². The summed E-state index contributed by atoms with van der Waals surface area (Å²) in [6, 6.07) is 13.2. The molecule has 0 aliphatic heterocycles. The van der Waals surface area contributed by atoms with Gasteiger partial charge in [-0.25, -0.2) is 9.67 Å². The Kier molecular flexibility index (Phi) is 6.95. The van der Waals surface area contributed by atoms with Crippen molar-refractivity contribution >= 4 is 5.91 Å². The van der Waals surface area contributed by atoms with Crippen LogP contribution in [0.1, 0.15) is 18.3 Å². The normalized spacial score (nSPS) is 11.4. The number of rotatable bonds is 9. The fraction of sp³-hybridized carbons (Fsp3) is 0.292. The van der Waals surface area contributed by atoms with E-state index >= 15 is 0 Å². The van der Waals surface area contributed by atoms with Gasteiger partial charge in [0.25, 0.3) is 11.8 Å². The Morgan fingerprint density at radius 3 is 2.53 bits per heavy atom. The number of carbonyl (C=O) groups excluding carboxylic acids is 1. The molecule has 0 aliphatic carbocycles. The van der Waals surface area contributed by atoms with Gasteiger partial charge in [0.1, 0.15) is 17.3 Å². The lowest BCUT2D eigenvalue weighted by atomic mass is 10.2. The molecule has 12 heteroatoms. The minimum Gasteiger partial charge on any atom is -0.484 e. The molecule has 0 radical (unpaired) electrons. The number of amides is 1. The van der Waals surface area contributed by atoms with E-state index in [1.165, 1.54) is 17.0 Å². The van der Waals surface area contributed by atoms with Crippen molar-refractivity contribution in [3.8, 4) is 34.6 Å². The van der Waals surface area contributed by atoms with Crippen LogP contribution < -0.4 is 9.47 Å². The summed E-state index contributed by atoms with van der Waals surface area (Å²) in [5.74, 6) is 1.70. The zero-order valence-corrected chi connectivity index (χ0v) is 20.1. The van der Waals surface area contributed by atoms with Crippen LogP contribution in [0.25, 0.3) is 23.1 Å². The molecule has 4 aromatic rings. The highest BCUT2D eigenvalue weighted by atomic mass is 19.3. The van der Waals surface area contributed by atoms with Crippen molar-refractivity contribution < 1.29 is 27.6 Å². The molecule has 2 aromatic carbocycles. The van der Waals surface area contributed by atoms with Crippen molar-refractivity contribution in [2.24, 2.45) is 0 Å². The monoisotopic (exact) mass is 498 g/mol. The molecular formula is C24H24F2N6O4. The second-order valence-corrected chi connectivity index (χ2v) is 8.22. The van der Waals surface area contributed by atoms with Gasteiger partial charge >= 0.3 is 6.11 Å². The Hall–Kier alpha value is -4.35. The number of aromatic nitrogens is 5. The SMILES string of the molecule is Cc1nc(-c2nc(-c3ccc(OC(C)(F)F)cc3)no2)nn1Cc1cccc(OCC(=O)N(C)C)c1. The molecule has 0 spiro atoms. The smallest absolute Gasteiger partial charge is 0.394 e. The molecule has 0 aliphatic rings. The maximum Gasteiger partial charge on any atom is 0.394 e. The van der Waals surface area contributed by atoms with Crippen LogP contribution in [0.2, 0.25) is 0 Å². The number of halogens is 2. The lowest BCUT2D eigenvalue weighted by molar-refractivity contribution is -0.158. The fourth-order valence-corrected chi connectivity index (χ4v) is 3.15. The first-order valence-corrected chi connectivity index (χ1v) is 10.9. The summed E-state index contributed by atoms with van der Waals surface area (Å²) >= 11 is 0. The summed E-state index contributed by atoms with van der Waals surface area (Å²) in [4.78, 5) is 22.0. The number of likely N-dealkylation sites (N-methyl/N-ethyl adjacent to an activating group) is 1. The molecule has 0 saturated carbocycles. The number of ether oxygens (including phenoxy) is 2. The molecule has 0 saturated heterocycles. The van der Waals surface area contributed by atoms with Gasteiger partial charge in [-0.15, -0.1) is 5.10 Å². The number of nitrogens with zero attached hydrogens (tertiary/aromatic N) is 6. The zero-order chi connectivity index (χ0) is 25.9. The van der Waals surface area contributed by atoms with E-state index in [-0.39, 0.29) is 35.8 Å². The van der Waals surface area contributed by atoms with E-state index in [4.69, 9.17) is 9.26 Å². The molecule has 10 nitrogen and oxygen atoms in total. The van der Waals surface area contributed by atoms with E-state index in [0.29, 0.717) is 30.6 Å². The number of hydrogen-bond acceptors (Lipinski definition) is 8. The van der Waals surface area contributed by atoms with Gasteiger partial charge < -0.3 is 18.9 Å².